The van der Waals surface area contributed by atoms with Gasteiger partial charge in [0.25, 0.3) is 0 Å². The van der Waals surface area contributed by atoms with Crippen LogP contribution in [0.15, 0.2) is 31.4 Å². The molecule has 0 fully saturated rings. The van der Waals surface area contributed by atoms with Gasteiger partial charge in [-0.05, 0) is 5.41 Å². The van der Waals surface area contributed by atoms with E-state index in [-0.39, 0.29) is 5.41 Å². The van der Waals surface area contributed by atoms with Gasteiger partial charge in [0.05, 0.1) is 12.4 Å². The summed E-state index contributed by atoms with van der Waals surface area (Å²) >= 11 is 0. The second-order valence-corrected chi connectivity index (χ2v) is 4.06. The molecular formula is C10H16N2. The lowest BCUT2D eigenvalue weighted by molar-refractivity contribution is 0.292. The number of aromatic nitrogens is 2. The Hall–Kier alpha value is -1.05. The standard InChI is InChI=1S/C10H16N2/c1-5-9(10(2,3)4)12-7-6-11-8-12/h5-9H,1H2,2-4H3. The molecule has 0 radical (unpaired) electrons. The van der Waals surface area contributed by atoms with Crippen LogP contribution in [0.25, 0.3) is 0 Å². The molecule has 2 heteroatoms. The van der Waals surface area contributed by atoms with Gasteiger partial charge in [0.2, 0.25) is 0 Å². The smallest absolute Gasteiger partial charge is 0.0951 e. The molecule has 0 aliphatic heterocycles. The number of rotatable bonds is 2. The highest BCUT2D eigenvalue weighted by atomic mass is 15.1. The highest BCUT2D eigenvalue weighted by Crippen LogP contribution is 2.30. The molecule has 0 aliphatic rings. The Morgan fingerprint density at radius 2 is 2.17 bits per heavy atom. The molecule has 66 valence electrons. The molecule has 1 aromatic heterocycles. The Labute approximate surface area is 73.9 Å². The number of hydrogen-bond donors (Lipinski definition) is 0. The first-order chi connectivity index (χ1) is 5.55. The summed E-state index contributed by atoms with van der Waals surface area (Å²) in [5, 5.41) is 0. The van der Waals surface area contributed by atoms with E-state index < -0.39 is 0 Å². The first kappa shape index (κ1) is 9.04. The molecular weight excluding hydrogens is 148 g/mol. The summed E-state index contributed by atoms with van der Waals surface area (Å²) < 4.78 is 2.08. The van der Waals surface area contributed by atoms with Crippen molar-refractivity contribution in [2.24, 2.45) is 5.41 Å². The molecule has 0 saturated carbocycles. The third-order valence-electron chi connectivity index (χ3n) is 1.96. The summed E-state index contributed by atoms with van der Waals surface area (Å²) in [6.45, 7) is 10.4. The summed E-state index contributed by atoms with van der Waals surface area (Å²) in [7, 11) is 0. The van der Waals surface area contributed by atoms with E-state index in [1.165, 1.54) is 0 Å². The van der Waals surface area contributed by atoms with E-state index in [2.05, 4.69) is 36.9 Å². The first-order valence-corrected chi connectivity index (χ1v) is 4.15. The topological polar surface area (TPSA) is 17.8 Å². The maximum absolute atomic E-state index is 4.02. The van der Waals surface area contributed by atoms with Gasteiger partial charge in [0.1, 0.15) is 0 Å². The molecule has 0 aromatic carbocycles. The molecule has 1 rings (SSSR count). The molecule has 2 nitrogen and oxygen atoms in total. The molecule has 12 heavy (non-hydrogen) atoms. The molecule has 0 aliphatic carbocycles. The van der Waals surface area contributed by atoms with E-state index in [0.717, 1.165) is 0 Å². The number of allylic oxidation sites excluding steroid dienone is 1. The monoisotopic (exact) mass is 164 g/mol. The van der Waals surface area contributed by atoms with Gasteiger partial charge < -0.3 is 4.57 Å². The van der Waals surface area contributed by atoms with Gasteiger partial charge in [-0.15, -0.1) is 6.58 Å². The van der Waals surface area contributed by atoms with E-state index in [9.17, 15) is 0 Å². The molecule has 0 saturated heterocycles. The van der Waals surface area contributed by atoms with Crippen LogP contribution in [0.3, 0.4) is 0 Å². The largest absolute Gasteiger partial charge is 0.330 e. The van der Waals surface area contributed by atoms with Crippen molar-refractivity contribution in [2.45, 2.75) is 26.8 Å². The quantitative estimate of drug-likeness (QED) is 0.614. The van der Waals surface area contributed by atoms with Gasteiger partial charge in [0, 0.05) is 12.4 Å². The minimum absolute atomic E-state index is 0.197. The average molecular weight is 164 g/mol. The SMILES string of the molecule is C=CC(n1ccnc1)C(C)(C)C. The molecule has 1 atom stereocenters. The lowest BCUT2D eigenvalue weighted by Crippen LogP contribution is -2.21. The van der Waals surface area contributed by atoms with Crippen LogP contribution in [-0.4, -0.2) is 9.55 Å². The predicted octanol–water partition coefficient (Wildman–Crippen LogP) is 2.66. The Balaban J connectivity index is 2.91. The first-order valence-electron chi connectivity index (χ1n) is 4.15. The van der Waals surface area contributed by atoms with Gasteiger partial charge in [-0.1, -0.05) is 26.8 Å². The summed E-state index contributed by atoms with van der Waals surface area (Å²) in [6.07, 6.45) is 7.55. The predicted molar refractivity (Wildman–Crippen MR) is 50.9 cm³/mol. The normalized spacial score (nSPS) is 14.2. The van der Waals surface area contributed by atoms with E-state index in [1.807, 2.05) is 18.6 Å². The van der Waals surface area contributed by atoms with E-state index in [1.54, 1.807) is 6.20 Å². The van der Waals surface area contributed by atoms with Crippen LogP contribution < -0.4 is 0 Å². The van der Waals surface area contributed by atoms with Crippen LogP contribution >= 0.6 is 0 Å². The maximum Gasteiger partial charge on any atom is 0.0951 e. The summed E-state index contributed by atoms with van der Waals surface area (Å²) in [5.74, 6) is 0. The van der Waals surface area contributed by atoms with Crippen LogP contribution in [0, 0.1) is 5.41 Å². The zero-order valence-corrected chi connectivity index (χ0v) is 7.99. The highest BCUT2D eigenvalue weighted by molar-refractivity contribution is 4.96. The van der Waals surface area contributed by atoms with Crippen molar-refractivity contribution >= 4 is 0 Å². The lowest BCUT2D eigenvalue weighted by atomic mass is 9.87. The molecule has 0 spiro atoms. The Morgan fingerprint density at radius 1 is 1.50 bits per heavy atom. The van der Waals surface area contributed by atoms with Gasteiger partial charge in [-0.2, -0.15) is 0 Å². The number of hydrogen-bond acceptors (Lipinski definition) is 1. The second kappa shape index (κ2) is 3.13. The van der Waals surface area contributed by atoms with Gasteiger partial charge >= 0.3 is 0 Å². The molecule has 1 heterocycles. The van der Waals surface area contributed by atoms with Crippen molar-refractivity contribution in [3.63, 3.8) is 0 Å². The van der Waals surface area contributed by atoms with Crippen molar-refractivity contribution in [1.82, 2.24) is 9.55 Å². The fourth-order valence-corrected chi connectivity index (χ4v) is 1.36. The van der Waals surface area contributed by atoms with Gasteiger partial charge in [-0.25, -0.2) is 4.98 Å². The van der Waals surface area contributed by atoms with Crippen LogP contribution in [0.5, 0.6) is 0 Å². The highest BCUT2D eigenvalue weighted by Gasteiger charge is 2.22. The Morgan fingerprint density at radius 3 is 2.50 bits per heavy atom. The minimum Gasteiger partial charge on any atom is -0.330 e. The molecule has 1 unspecified atom stereocenters. The van der Waals surface area contributed by atoms with E-state index in [0.29, 0.717) is 6.04 Å². The van der Waals surface area contributed by atoms with E-state index >= 15 is 0 Å². The number of nitrogens with zero attached hydrogens (tertiary/aromatic N) is 2. The van der Waals surface area contributed by atoms with Crippen molar-refractivity contribution in [3.8, 4) is 0 Å². The summed E-state index contributed by atoms with van der Waals surface area (Å²) in [6, 6.07) is 0.319. The van der Waals surface area contributed by atoms with Gasteiger partial charge in [-0.3, -0.25) is 0 Å². The Bertz CT molecular complexity index is 241. The molecule has 0 N–H and O–H groups in total. The van der Waals surface area contributed by atoms with Crippen molar-refractivity contribution in [2.75, 3.05) is 0 Å². The third-order valence-corrected chi connectivity index (χ3v) is 1.96. The van der Waals surface area contributed by atoms with Crippen molar-refractivity contribution in [1.29, 1.82) is 0 Å². The van der Waals surface area contributed by atoms with Crippen LogP contribution in [0.1, 0.15) is 26.8 Å². The lowest BCUT2D eigenvalue weighted by Gasteiger charge is -2.28. The summed E-state index contributed by atoms with van der Waals surface area (Å²) in [5.41, 5.74) is 0.197. The van der Waals surface area contributed by atoms with Crippen LogP contribution in [-0.2, 0) is 0 Å². The summed E-state index contributed by atoms with van der Waals surface area (Å²) in [4.78, 5) is 4.02. The maximum atomic E-state index is 4.02. The van der Waals surface area contributed by atoms with E-state index in [4.69, 9.17) is 0 Å². The van der Waals surface area contributed by atoms with Crippen LogP contribution in [0.4, 0.5) is 0 Å². The molecule has 0 bridgehead atoms. The zero-order valence-electron chi connectivity index (χ0n) is 7.99. The number of imidazole rings is 1. The molecule has 1 aromatic rings. The van der Waals surface area contributed by atoms with Gasteiger partial charge in [0.15, 0.2) is 0 Å². The minimum atomic E-state index is 0.197. The van der Waals surface area contributed by atoms with Crippen molar-refractivity contribution in [3.05, 3.63) is 31.4 Å². The fourth-order valence-electron chi connectivity index (χ4n) is 1.36. The average Bonchev–Trinajstić information content (AvgIpc) is 2.38. The molecule has 0 amide bonds. The van der Waals surface area contributed by atoms with Crippen molar-refractivity contribution < 1.29 is 0 Å². The second-order valence-electron chi connectivity index (χ2n) is 4.06. The van der Waals surface area contributed by atoms with Crippen LogP contribution in [0.2, 0.25) is 0 Å². The Kier molecular flexibility index (Phi) is 2.36. The third kappa shape index (κ3) is 1.76. The zero-order chi connectivity index (χ0) is 9.19. The fraction of sp³-hybridized carbons (Fsp3) is 0.500.